The van der Waals surface area contributed by atoms with Gasteiger partial charge in [-0.2, -0.15) is 0 Å². The molecule has 1 unspecified atom stereocenters. The highest BCUT2D eigenvalue weighted by molar-refractivity contribution is 6.08. The average Bonchev–Trinajstić information content (AvgIpc) is 2.37. The summed E-state index contributed by atoms with van der Waals surface area (Å²) in [7, 11) is 0. The fourth-order valence-corrected chi connectivity index (χ4v) is 1.74. The summed E-state index contributed by atoms with van der Waals surface area (Å²) in [6, 6.07) is 9.69. The molecule has 0 radical (unpaired) electrons. The topological polar surface area (TPSA) is 37.3 Å². The summed E-state index contributed by atoms with van der Waals surface area (Å²) in [4.78, 5) is 11.9. The first kappa shape index (κ1) is 12.5. The fraction of sp³-hybridized carbons (Fsp3) is 0.188. The van der Waals surface area contributed by atoms with E-state index < -0.39 is 5.60 Å². The second-order valence-corrected chi connectivity index (χ2v) is 4.66. The highest BCUT2D eigenvalue weighted by Gasteiger charge is 2.19. The van der Waals surface area contributed by atoms with Gasteiger partial charge in [-0.3, -0.25) is 4.79 Å². The van der Waals surface area contributed by atoms with Gasteiger partial charge < -0.3 is 5.11 Å². The minimum atomic E-state index is -0.826. The standard InChI is InChI=1S/C16H16O2/c1-16(18)11-9-14(10-12-16)15(17)8-7-13-5-3-2-4-6-13/h2-11,18H,12H2,1H3. The van der Waals surface area contributed by atoms with Crippen LogP contribution in [0.2, 0.25) is 0 Å². The molecular weight excluding hydrogens is 224 g/mol. The smallest absolute Gasteiger partial charge is 0.185 e. The normalized spacial score (nSPS) is 23.1. The van der Waals surface area contributed by atoms with Crippen molar-refractivity contribution in [1.82, 2.24) is 0 Å². The second-order valence-electron chi connectivity index (χ2n) is 4.66. The molecule has 92 valence electrons. The summed E-state index contributed by atoms with van der Waals surface area (Å²) in [5, 5.41) is 9.72. The number of carbonyl (C=O) groups excluding carboxylic acids is 1. The van der Waals surface area contributed by atoms with E-state index in [0.717, 1.165) is 5.56 Å². The Morgan fingerprint density at radius 3 is 2.67 bits per heavy atom. The maximum atomic E-state index is 11.9. The van der Waals surface area contributed by atoms with Gasteiger partial charge in [0.25, 0.3) is 0 Å². The lowest BCUT2D eigenvalue weighted by molar-refractivity contribution is -0.111. The summed E-state index contributed by atoms with van der Waals surface area (Å²) in [6.45, 7) is 1.72. The summed E-state index contributed by atoms with van der Waals surface area (Å²) in [5.74, 6) is -0.0365. The molecule has 0 aliphatic heterocycles. The van der Waals surface area contributed by atoms with Crippen LogP contribution in [0.25, 0.3) is 6.08 Å². The van der Waals surface area contributed by atoms with Crippen LogP contribution in [0.5, 0.6) is 0 Å². The third kappa shape index (κ3) is 3.28. The maximum Gasteiger partial charge on any atom is 0.185 e. The second kappa shape index (κ2) is 5.15. The minimum Gasteiger partial charge on any atom is -0.386 e. The predicted molar refractivity (Wildman–Crippen MR) is 72.9 cm³/mol. The number of carbonyl (C=O) groups is 1. The van der Waals surface area contributed by atoms with Gasteiger partial charge in [0.05, 0.1) is 5.60 Å². The van der Waals surface area contributed by atoms with Crippen molar-refractivity contribution in [3.8, 4) is 0 Å². The Balaban J connectivity index is 2.04. The molecule has 1 aromatic carbocycles. The molecule has 2 heteroatoms. The Hall–Kier alpha value is -1.93. The van der Waals surface area contributed by atoms with Crippen molar-refractivity contribution in [3.05, 3.63) is 65.8 Å². The van der Waals surface area contributed by atoms with E-state index in [1.807, 2.05) is 30.3 Å². The van der Waals surface area contributed by atoms with Crippen LogP contribution in [-0.4, -0.2) is 16.5 Å². The van der Waals surface area contributed by atoms with Gasteiger partial charge in [-0.1, -0.05) is 54.6 Å². The third-order valence-electron chi connectivity index (χ3n) is 2.87. The molecule has 18 heavy (non-hydrogen) atoms. The van der Waals surface area contributed by atoms with Crippen LogP contribution in [0.1, 0.15) is 18.9 Å². The van der Waals surface area contributed by atoms with Gasteiger partial charge in [0.15, 0.2) is 5.78 Å². The van der Waals surface area contributed by atoms with Gasteiger partial charge in [0.1, 0.15) is 0 Å². The van der Waals surface area contributed by atoms with Crippen LogP contribution in [-0.2, 0) is 4.79 Å². The molecule has 2 rings (SSSR count). The Morgan fingerprint density at radius 2 is 2.06 bits per heavy atom. The molecule has 0 fully saturated rings. The zero-order valence-corrected chi connectivity index (χ0v) is 10.3. The zero-order valence-electron chi connectivity index (χ0n) is 10.3. The SMILES string of the molecule is CC1(O)C=CC(C(=O)C=Cc2ccccc2)=CC1. The molecule has 1 aliphatic rings. The molecule has 0 amide bonds. The first-order valence-electron chi connectivity index (χ1n) is 5.96. The summed E-state index contributed by atoms with van der Waals surface area (Å²) in [5.41, 5.74) is 0.805. The zero-order chi connectivity index (χ0) is 13.0. The molecule has 0 bridgehead atoms. The van der Waals surface area contributed by atoms with Gasteiger partial charge >= 0.3 is 0 Å². The number of allylic oxidation sites excluding steroid dienone is 3. The Bertz CT molecular complexity index is 519. The van der Waals surface area contributed by atoms with Crippen LogP contribution in [0.3, 0.4) is 0 Å². The van der Waals surface area contributed by atoms with Crippen LogP contribution in [0, 0.1) is 0 Å². The number of hydrogen-bond acceptors (Lipinski definition) is 2. The van der Waals surface area contributed by atoms with Crippen LogP contribution >= 0.6 is 0 Å². The predicted octanol–water partition coefficient (Wildman–Crippen LogP) is 2.91. The molecule has 0 heterocycles. The molecule has 0 saturated heterocycles. The van der Waals surface area contributed by atoms with Crippen molar-refractivity contribution < 1.29 is 9.90 Å². The molecular formula is C16H16O2. The first-order chi connectivity index (χ1) is 8.57. The van der Waals surface area contributed by atoms with E-state index in [1.165, 1.54) is 0 Å². The van der Waals surface area contributed by atoms with E-state index in [0.29, 0.717) is 12.0 Å². The molecule has 2 nitrogen and oxygen atoms in total. The summed E-state index contributed by atoms with van der Waals surface area (Å²) in [6.07, 6.45) is 8.95. The average molecular weight is 240 g/mol. The van der Waals surface area contributed by atoms with Crippen molar-refractivity contribution >= 4 is 11.9 Å². The van der Waals surface area contributed by atoms with Crippen molar-refractivity contribution in [2.24, 2.45) is 0 Å². The largest absolute Gasteiger partial charge is 0.386 e. The minimum absolute atomic E-state index is 0.0365. The highest BCUT2D eigenvalue weighted by atomic mass is 16.3. The van der Waals surface area contributed by atoms with Gasteiger partial charge in [-0.25, -0.2) is 0 Å². The molecule has 1 atom stereocenters. The number of aliphatic hydroxyl groups is 1. The number of ketones is 1. The number of rotatable bonds is 3. The van der Waals surface area contributed by atoms with Gasteiger partial charge in [0.2, 0.25) is 0 Å². The molecule has 1 aliphatic carbocycles. The molecule has 0 aromatic heterocycles. The molecule has 1 N–H and O–H groups in total. The van der Waals surface area contributed by atoms with Crippen molar-refractivity contribution in [1.29, 1.82) is 0 Å². The monoisotopic (exact) mass is 240 g/mol. The Labute approximate surface area is 107 Å². The van der Waals surface area contributed by atoms with Gasteiger partial charge in [-0.15, -0.1) is 0 Å². The van der Waals surface area contributed by atoms with Crippen molar-refractivity contribution in [3.63, 3.8) is 0 Å². The lowest BCUT2D eigenvalue weighted by Crippen LogP contribution is -2.22. The lowest BCUT2D eigenvalue weighted by atomic mass is 9.92. The molecule has 0 spiro atoms. The van der Waals surface area contributed by atoms with E-state index in [4.69, 9.17) is 0 Å². The van der Waals surface area contributed by atoms with Gasteiger partial charge in [0, 0.05) is 5.57 Å². The van der Waals surface area contributed by atoms with Crippen molar-refractivity contribution in [2.75, 3.05) is 0 Å². The molecule has 0 saturated carbocycles. The van der Waals surface area contributed by atoms with E-state index in [9.17, 15) is 9.90 Å². The van der Waals surface area contributed by atoms with Crippen LogP contribution in [0.15, 0.2) is 60.2 Å². The lowest BCUT2D eigenvalue weighted by Gasteiger charge is -2.20. The van der Waals surface area contributed by atoms with Crippen LogP contribution in [0.4, 0.5) is 0 Å². The molecule has 1 aromatic rings. The number of benzene rings is 1. The third-order valence-corrected chi connectivity index (χ3v) is 2.87. The van der Waals surface area contributed by atoms with E-state index in [2.05, 4.69) is 0 Å². The summed E-state index contributed by atoms with van der Waals surface area (Å²) < 4.78 is 0. The number of hydrogen-bond donors (Lipinski definition) is 1. The highest BCUT2D eigenvalue weighted by Crippen LogP contribution is 2.20. The van der Waals surface area contributed by atoms with Crippen LogP contribution < -0.4 is 0 Å². The van der Waals surface area contributed by atoms with E-state index in [-0.39, 0.29) is 5.78 Å². The van der Waals surface area contributed by atoms with E-state index in [1.54, 1.807) is 37.3 Å². The quantitative estimate of drug-likeness (QED) is 0.825. The fourth-order valence-electron chi connectivity index (χ4n) is 1.74. The van der Waals surface area contributed by atoms with Gasteiger partial charge in [-0.05, 0) is 25.0 Å². The Kier molecular flexibility index (Phi) is 3.58. The summed E-state index contributed by atoms with van der Waals surface area (Å²) >= 11 is 0. The van der Waals surface area contributed by atoms with E-state index >= 15 is 0 Å². The first-order valence-corrected chi connectivity index (χ1v) is 5.96. The van der Waals surface area contributed by atoms with Crippen molar-refractivity contribution in [2.45, 2.75) is 18.9 Å². The maximum absolute atomic E-state index is 11.9. The Morgan fingerprint density at radius 1 is 1.33 bits per heavy atom.